The van der Waals surface area contributed by atoms with Crippen molar-refractivity contribution in [1.82, 2.24) is 9.88 Å². The Kier molecular flexibility index (Phi) is 3.87. The van der Waals surface area contributed by atoms with Crippen molar-refractivity contribution >= 4 is 11.3 Å². The third-order valence-corrected chi connectivity index (χ3v) is 4.11. The first-order valence-electron chi connectivity index (χ1n) is 5.18. The molecular weight excluding hydrogens is 206 g/mol. The molecule has 0 spiro atoms. The van der Waals surface area contributed by atoms with Crippen molar-refractivity contribution in [1.29, 1.82) is 0 Å². The molecule has 0 radical (unpaired) electrons. The summed E-state index contributed by atoms with van der Waals surface area (Å²) < 4.78 is 0. The van der Waals surface area contributed by atoms with E-state index < -0.39 is 0 Å². The second-order valence-corrected chi connectivity index (χ2v) is 5.68. The normalized spacial score (nSPS) is 14.6. The second kappa shape index (κ2) is 4.60. The van der Waals surface area contributed by atoms with Crippen LogP contribution in [0.5, 0.6) is 0 Å². The highest BCUT2D eigenvalue weighted by atomic mass is 32.1. The van der Waals surface area contributed by atoms with Crippen molar-refractivity contribution < 1.29 is 0 Å². The molecule has 86 valence electrons. The Balaban J connectivity index is 2.67. The Morgan fingerprint density at radius 1 is 1.53 bits per heavy atom. The Bertz CT molecular complexity index is 317. The van der Waals surface area contributed by atoms with Gasteiger partial charge in [-0.25, -0.2) is 4.98 Å². The molecule has 0 amide bonds. The molecule has 0 fully saturated rings. The smallest absolute Gasteiger partial charge is 0.0944 e. The first-order chi connectivity index (χ1) is 6.84. The molecule has 2 N–H and O–H groups in total. The van der Waals surface area contributed by atoms with Crippen LogP contribution in [0.1, 0.15) is 24.5 Å². The number of likely N-dealkylation sites (N-methyl/N-ethyl adjacent to an activating group) is 1. The minimum absolute atomic E-state index is 0.000422. The maximum Gasteiger partial charge on any atom is 0.0944 e. The molecular formula is C11H21N3S. The van der Waals surface area contributed by atoms with Crippen LogP contribution in [-0.4, -0.2) is 35.6 Å². The van der Waals surface area contributed by atoms with E-state index in [1.807, 2.05) is 6.92 Å². The summed E-state index contributed by atoms with van der Waals surface area (Å²) >= 11 is 1.70. The van der Waals surface area contributed by atoms with Gasteiger partial charge in [-0.1, -0.05) is 0 Å². The number of aromatic nitrogens is 1. The van der Waals surface area contributed by atoms with Gasteiger partial charge < -0.3 is 10.6 Å². The predicted molar refractivity (Wildman–Crippen MR) is 66.3 cm³/mol. The number of hydrogen-bond acceptors (Lipinski definition) is 4. The van der Waals surface area contributed by atoms with Gasteiger partial charge in [0.05, 0.1) is 5.01 Å². The van der Waals surface area contributed by atoms with E-state index in [1.165, 1.54) is 0 Å². The Morgan fingerprint density at radius 2 is 2.13 bits per heavy atom. The molecule has 4 heteroatoms. The van der Waals surface area contributed by atoms with Crippen molar-refractivity contribution in [3.05, 3.63) is 16.1 Å². The van der Waals surface area contributed by atoms with Crippen molar-refractivity contribution in [2.45, 2.75) is 38.8 Å². The summed E-state index contributed by atoms with van der Waals surface area (Å²) in [7, 11) is 4.12. The monoisotopic (exact) mass is 227 g/mol. The number of thiazole rings is 1. The van der Waals surface area contributed by atoms with Gasteiger partial charge in [0.2, 0.25) is 0 Å². The van der Waals surface area contributed by atoms with Crippen LogP contribution in [0.3, 0.4) is 0 Å². The summed E-state index contributed by atoms with van der Waals surface area (Å²) in [6, 6.07) is 0.109. The zero-order valence-corrected chi connectivity index (χ0v) is 11.1. The molecule has 0 aromatic carbocycles. The van der Waals surface area contributed by atoms with Crippen LogP contribution < -0.4 is 5.73 Å². The SMILES string of the molecule is Cc1csc(CC(N)C(C)(C)N(C)C)n1. The van der Waals surface area contributed by atoms with Crippen molar-refractivity contribution in [3.63, 3.8) is 0 Å². The van der Waals surface area contributed by atoms with Gasteiger partial charge in [0.25, 0.3) is 0 Å². The average molecular weight is 227 g/mol. The predicted octanol–water partition coefficient (Wildman–Crippen LogP) is 1.66. The zero-order valence-electron chi connectivity index (χ0n) is 10.2. The average Bonchev–Trinajstić information content (AvgIpc) is 2.50. The Morgan fingerprint density at radius 3 is 2.53 bits per heavy atom. The maximum atomic E-state index is 6.22. The number of nitrogens with zero attached hydrogens (tertiary/aromatic N) is 2. The van der Waals surface area contributed by atoms with E-state index >= 15 is 0 Å². The molecule has 1 heterocycles. The van der Waals surface area contributed by atoms with Gasteiger partial charge in [-0.15, -0.1) is 11.3 Å². The van der Waals surface area contributed by atoms with Crippen LogP contribution in [0.15, 0.2) is 5.38 Å². The third kappa shape index (κ3) is 3.00. The van der Waals surface area contributed by atoms with Gasteiger partial charge in [0.1, 0.15) is 0 Å². The lowest BCUT2D eigenvalue weighted by Gasteiger charge is -2.37. The van der Waals surface area contributed by atoms with Crippen LogP contribution in [0.25, 0.3) is 0 Å². The van der Waals surface area contributed by atoms with Crippen molar-refractivity contribution in [2.75, 3.05) is 14.1 Å². The minimum atomic E-state index is -0.000422. The molecule has 1 aromatic rings. The van der Waals surface area contributed by atoms with E-state index in [0.29, 0.717) is 0 Å². The molecule has 1 rings (SSSR count). The highest BCUT2D eigenvalue weighted by Gasteiger charge is 2.29. The summed E-state index contributed by atoms with van der Waals surface area (Å²) in [5.41, 5.74) is 7.31. The molecule has 0 aliphatic rings. The first-order valence-corrected chi connectivity index (χ1v) is 6.06. The third-order valence-electron chi connectivity index (χ3n) is 3.12. The summed E-state index contributed by atoms with van der Waals surface area (Å²) in [6.07, 6.45) is 0.851. The fourth-order valence-electron chi connectivity index (χ4n) is 1.27. The van der Waals surface area contributed by atoms with Crippen LogP contribution >= 0.6 is 11.3 Å². The van der Waals surface area contributed by atoms with Crippen LogP contribution in [0.4, 0.5) is 0 Å². The van der Waals surface area contributed by atoms with E-state index in [4.69, 9.17) is 5.73 Å². The second-order valence-electron chi connectivity index (χ2n) is 4.74. The van der Waals surface area contributed by atoms with Gasteiger partial charge >= 0.3 is 0 Å². The quantitative estimate of drug-likeness (QED) is 0.850. The summed E-state index contributed by atoms with van der Waals surface area (Å²) in [4.78, 5) is 6.61. The van der Waals surface area contributed by atoms with E-state index in [-0.39, 0.29) is 11.6 Å². The van der Waals surface area contributed by atoms with Gasteiger partial charge in [0, 0.05) is 29.1 Å². The first kappa shape index (κ1) is 12.6. The van der Waals surface area contributed by atoms with Crippen molar-refractivity contribution in [3.8, 4) is 0 Å². The standard InChI is InChI=1S/C11H21N3S/c1-8-7-15-10(13-8)6-9(12)11(2,3)14(4)5/h7,9H,6,12H2,1-5H3. The number of nitrogens with two attached hydrogens (primary N) is 1. The highest BCUT2D eigenvalue weighted by molar-refractivity contribution is 7.09. The Hall–Kier alpha value is -0.450. The number of hydrogen-bond donors (Lipinski definition) is 1. The molecule has 0 bridgehead atoms. The van der Waals surface area contributed by atoms with Gasteiger partial charge in [-0.05, 0) is 34.9 Å². The summed E-state index contributed by atoms with van der Waals surface area (Å²) in [6.45, 7) is 6.35. The molecule has 0 saturated heterocycles. The molecule has 0 aliphatic heterocycles. The molecule has 1 atom stereocenters. The molecule has 15 heavy (non-hydrogen) atoms. The highest BCUT2D eigenvalue weighted by Crippen LogP contribution is 2.19. The number of rotatable bonds is 4. The van der Waals surface area contributed by atoms with Gasteiger partial charge in [-0.3, -0.25) is 0 Å². The van der Waals surface area contributed by atoms with Crippen molar-refractivity contribution in [2.24, 2.45) is 5.73 Å². The van der Waals surface area contributed by atoms with Crippen LogP contribution in [0, 0.1) is 6.92 Å². The molecule has 0 aliphatic carbocycles. The van der Waals surface area contributed by atoms with E-state index in [1.54, 1.807) is 11.3 Å². The molecule has 3 nitrogen and oxygen atoms in total. The largest absolute Gasteiger partial charge is 0.326 e. The van der Waals surface area contributed by atoms with Crippen LogP contribution in [0.2, 0.25) is 0 Å². The summed E-state index contributed by atoms with van der Waals surface area (Å²) in [5, 5.41) is 3.21. The van der Waals surface area contributed by atoms with Gasteiger partial charge in [0.15, 0.2) is 0 Å². The lowest BCUT2D eigenvalue weighted by atomic mass is 9.92. The lowest BCUT2D eigenvalue weighted by molar-refractivity contribution is 0.158. The van der Waals surface area contributed by atoms with Gasteiger partial charge in [-0.2, -0.15) is 0 Å². The van der Waals surface area contributed by atoms with E-state index in [9.17, 15) is 0 Å². The Labute approximate surface area is 96.3 Å². The topological polar surface area (TPSA) is 42.1 Å². The molecule has 1 aromatic heterocycles. The zero-order chi connectivity index (χ0) is 11.6. The van der Waals surface area contributed by atoms with Crippen LogP contribution in [-0.2, 0) is 6.42 Å². The van der Waals surface area contributed by atoms with E-state index in [2.05, 4.69) is 43.2 Å². The van der Waals surface area contributed by atoms with E-state index in [0.717, 1.165) is 17.1 Å². The lowest BCUT2D eigenvalue weighted by Crippen LogP contribution is -2.54. The molecule has 1 unspecified atom stereocenters. The summed E-state index contributed by atoms with van der Waals surface area (Å²) in [5.74, 6) is 0. The minimum Gasteiger partial charge on any atom is -0.326 e. The number of aryl methyl sites for hydroxylation is 1. The maximum absolute atomic E-state index is 6.22. The fourth-order valence-corrected chi connectivity index (χ4v) is 2.10. The fraction of sp³-hybridized carbons (Fsp3) is 0.727. The molecule has 0 saturated carbocycles.